The Morgan fingerprint density at radius 1 is 1.00 bits per heavy atom. The van der Waals surface area contributed by atoms with Gasteiger partial charge in [0.15, 0.2) is 0 Å². The normalized spacial score (nSPS) is 28.1. The van der Waals surface area contributed by atoms with Gasteiger partial charge in [0.2, 0.25) is 6.29 Å². The van der Waals surface area contributed by atoms with E-state index < -0.39 is 36.8 Å². The van der Waals surface area contributed by atoms with Crippen molar-refractivity contribution in [3.05, 3.63) is 59.2 Å². The van der Waals surface area contributed by atoms with E-state index in [0.717, 1.165) is 17.5 Å². The van der Waals surface area contributed by atoms with Crippen molar-refractivity contribution in [3.63, 3.8) is 0 Å². The summed E-state index contributed by atoms with van der Waals surface area (Å²) >= 11 is 0. The monoisotopic (exact) mass is 403 g/mol. The van der Waals surface area contributed by atoms with E-state index in [2.05, 4.69) is 31.2 Å². The highest BCUT2D eigenvalue weighted by atomic mass is 16.7. The number of nitrogen functional groups attached to an aromatic ring is 1. The molecule has 0 amide bonds. The first-order valence-corrected chi connectivity index (χ1v) is 9.80. The third-order valence-corrected chi connectivity index (χ3v) is 5.24. The predicted octanol–water partition coefficient (Wildman–Crippen LogP) is 0.989. The van der Waals surface area contributed by atoms with Crippen molar-refractivity contribution < 1.29 is 29.9 Å². The molecule has 0 aromatic heterocycles. The number of benzene rings is 2. The van der Waals surface area contributed by atoms with Crippen molar-refractivity contribution in [3.8, 4) is 5.75 Å². The molecule has 1 saturated heterocycles. The zero-order valence-corrected chi connectivity index (χ0v) is 16.6. The Morgan fingerprint density at radius 2 is 1.66 bits per heavy atom. The second kappa shape index (κ2) is 9.11. The number of hydrogen-bond donors (Lipinski definition) is 5. The van der Waals surface area contributed by atoms with E-state index >= 15 is 0 Å². The molecule has 6 atom stereocenters. The lowest BCUT2D eigenvalue weighted by molar-refractivity contribution is -0.286. The summed E-state index contributed by atoms with van der Waals surface area (Å²) in [6, 6.07) is 13.5. The minimum Gasteiger partial charge on any atom is -0.462 e. The highest BCUT2D eigenvalue weighted by Gasteiger charge is 2.46. The Bertz CT molecular complexity index is 809. The Hall–Kier alpha value is -2.16. The lowest BCUT2D eigenvalue weighted by Gasteiger charge is -2.41. The van der Waals surface area contributed by atoms with Crippen LogP contribution in [0.1, 0.15) is 30.5 Å². The lowest BCUT2D eigenvalue weighted by atomic mass is 9.96. The van der Waals surface area contributed by atoms with Crippen LogP contribution in [-0.4, -0.2) is 57.2 Å². The lowest BCUT2D eigenvalue weighted by Crippen LogP contribution is -2.61. The van der Waals surface area contributed by atoms with Gasteiger partial charge in [0, 0.05) is 18.2 Å². The molecule has 1 aliphatic heterocycles. The standard InChI is InChI=1S/C22H29NO6/c1-3-13-4-6-14(7-5-13)10-15-8-9-16(23)11-17(15)28-22-20(27)18(25)19(26)21(29-22)12(2)24/h4-9,11-12,18-22,24-27H,3,10,23H2,1-2H3/t12-,18-,19-,20+,21+,22+/m0/s1. The molecule has 29 heavy (non-hydrogen) atoms. The number of aryl methyl sites for hydroxylation is 1. The third kappa shape index (κ3) is 4.88. The van der Waals surface area contributed by atoms with E-state index in [1.54, 1.807) is 12.1 Å². The van der Waals surface area contributed by atoms with Gasteiger partial charge < -0.3 is 35.6 Å². The van der Waals surface area contributed by atoms with E-state index in [0.29, 0.717) is 17.9 Å². The summed E-state index contributed by atoms with van der Waals surface area (Å²) in [6.45, 7) is 3.53. The molecule has 158 valence electrons. The number of rotatable bonds is 6. The van der Waals surface area contributed by atoms with Crippen molar-refractivity contribution >= 4 is 5.69 Å². The summed E-state index contributed by atoms with van der Waals surface area (Å²) in [5.41, 5.74) is 9.54. The molecule has 0 saturated carbocycles. The maximum Gasteiger partial charge on any atom is 0.229 e. The van der Waals surface area contributed by atoms with Crippen LogP contribution in [0.15, 0.2) is 42.5 Å². The fourth-order valence-corrected chi connectivity index (χ4v) is 3.43. The van der Waals surface area contributed by atoms with Crippen LogP contribution >= 0.6 is 0 Å². The molecule has 0 radical (unpaired) electrons. The van der Waals surface area contributed by atoms with Gasteiger partial charge >= 0.3 is 0 Å². The van der Waals surface area contributed by atoms with Crippen molar-refractivity contribution in [2.24, 2.45) is 0 Å². The van der Waals surface area contributed by atoms with Gasteiger partial charge in [-0.2, -0.15) is 0 Å². The molecule has 0 bridgehead atoms. The van der Waals surface area contributed by atoms with E-state index in [9.17, 15) is 20.4 Å². The molecule has 1 aliphatic rings. The van der Waals surface area contributed by atoms with Crippen LogP contribution in [-0.2, 0) is 17.6 Å². The van der Waals surface area contributed by atoms with Crippen LogP contribution in [0.3, 0.4) is 0 Å². The Labute approximate surface area is 170 Å². The molecule has 2 aromatic carbocycles. The first kappa shape index (κ1) is 21.5. The predicted molar refractivity (Wildman–Crippen MR) is 108 cm³/mol. The number of nitrogens with two attached hydrogens (primary N) is 1. The molecule has 0 spiro atoms. The minimum absolute atomic E-state index is 0.404. The molecule has 0 aliphatic carbocycles. The minimum atomic E-state index is -1.51. The van der Waals surface area contributed by atoms with Gasteiger partial charge in [-0.25, -0.2) is 0 Å². The number of anilines is 1. The van der Waals surface area contributed by atoms with Crippen molar-refractivity contribution in [2.45, 2.75) is 63.5 Å². The van der Waals surface area contributed by atoms with Crippen LogP contribution in [0.2, 0.25) is 0 Å². The quantitative estimate of drug-likeness (QED) is 0.456. The third-order valence-electron chi connectivity index (χ3n) is 5.24. The average molecular weight is 403 g/mol. The highest BCUT2D eigenvalue weighted by Crippen LogP contribution is 2.30. The Kier molecular flexibility index (Phi) is 6.77. The van der Waals surface area contributed by atoms with Gasteiger partial charge in [0.25, 0.3) is 0 Å². The van der Waals surface area contributed by atoms with Gasteiger partial charge in [-0.05, 0) is 36.1 Å². The smallest absolute Gasteiger partial charge is 0.229 e. The highest BCUT2D eigenvalue weighted by molar-refractivity contribution is 5.50. The average Bonchev–Trinajstić information content (AvgIpc) is 2.70. The Morgan fingerprint density at radius 3 is 2.28 bits per heavy atom. The van der Waals surface area contributed by atoms with Crippen LogP contribution in [0.25, 0.3) is 0 Å². The zero-order valence-electron chi connectivity index (χ0n) is 16.6. The van der Waals surface area contributed by atoms with Crippen LogP contribution in [0.4, 0.5) is 5.69 Å². The molecule has 1 fully saturated rings. The summed E-state index contributed by atoms with van der Waals surface area (Å²) in [6.07, 6.45) is -6.31. The fourth-order valence-electron chi connectivity index (χ4n) is 3.43. The first-order chi connectivity index (χ1) is 13.8. The molecule has 1 heterocycles. The fraction of sp³-hybridized carbons (Fsp3) is 0.455. The summed E-state index contributed by atoms with van der Waals surface area (Å²) < 4.78 is 11.4. The van der Waals surface area contributed by atoms with Gasteiger partial charge in [0.05, 0.1) is 6.10 Å². The van der Waals surface area contributed by atoms with Crippen LogP contribution in [0, 0.1) is 0 Å². The van der Waals surface area contributed by atoms with E-state index in [-0.39, 0.29) is 0 Å². The number of aliphatic hydroxyl groups is 4. The van der Waals surface area contributed by atoms with Gasteiger partial charge in [-0.1, -0.05) is 37.3 Å². The maximum absolute atomic E-state index is 10.3. The summed E-state index contributed by atoms with van der Waals surface area (Å²) in [5, 5.41) is 40.3. The van der Waals surface area contributed by atoms with Crippen LogP contribution in [0.5, 0.6) is 5.75 Å². The molecular formula is C22H29NO6. The SMILES string of the molecule is CCc1ccc(Cc2ccc(N)cc2O[C@@H]2O[C@H]([C@H](C)O)[C@@H](O)[C@H](O)[C@H]2O)cc1. The van der Waals surface area contributed by atoms with Gasteiger partial charge in [-0.3, -0.25) is 0 Å². The second-order valence-corrected chi connectivity index (χ2v) is 7.51. The van der Waals surface area contributed by atoms with Gasteiger partial charge in [0.1, 0.15) is 30.2 Å². The van der Waals surface area contributed by atoms with E-state index in [4.69, 9.17) is 15.2 Å². The number of hydrogen-bond acceptors (Lipinski definition) is 7. The molecule has 7 heteroatoms. The summed E-state index contributed by atoms with van der Waals surface area (Å²) in [7, 11) is 0. The number of ether oxygens (including phenoxy) is 2. The molecular weight excluding hydrogens is 374 g/mol. The van der Waals surface area contributed by atoms with Crippen molar-refractivity contribution in [1.29, 1.82) is 0 Å². The topological polar surface area (TPSA) is 125 Å². The molecule has 0 unspecified atom stereocenters. The van der Waals surface area contributed by atoms with E-state index in [1.165, 1.54) is 12.5 Å². The van der Waals surface area contributed by atoms with Crippen molar-refractivity contribution in [2.75, 3.05) is 5.73 Å². The summed E-state index contributed by atoms with van der Waals surface area (Å²) in [5.74, 6) is 0.404. The molecule has 7 nitrogen and oxygen atoms in total. The largest absolute Gasteiger partial charge is 0.462 e. The number of aliphatic hydroxyl groups excluding tert-OH is 4. The molecule has 6 N–H and O–H groups in total. The van der Waals surface area contributed by atoms with Crippen molar-refractivity contribution in [1.82, 2.24) is 0 Å². The summed E-state index contributed by atoms with van der Waals surface area (Å²) in [4.78, 5) is 0. The maximum atomic E-state index is 10.3. The van der Waals surface area contributed by atoms with Gasteiger partial charge in [-0.15, -0.1) is 0 Å². The first-order valence-electron chi connectivity index (χ1n) is 9.80. The Balaban J connectivity index is 1.83. The molecule has 2 aromatic rings. The van der Waals surface area contributed by atoms with Crippen LogP contribution < -0.4 is 10.5 Å². The van der Waals surface area contributed by atoms with E-state index in [1.807, 2.05) is 6.07 Å². The zero-order chi connectivity index (χ0) is 21.1. The second-order valence-electron chi connectivity index (χ2n) is 7.51. The molecule has 3 rings (SSSR count).